The second kappa shape index (κ2) is 4.24. The predicted octanol–water partition coefficient (Wildman–Crippen LogP) is 1.80. The molecule has 1 saturated carbocycles. The van der Waals surface area contributed by atoms with Crippen LogP contribution in [-0.2, 0) is 4.74 Å². The van der Waals surface area contributed by atoms with Gasteiger partial charge in [0.1, 0.15) is 0 Å². The van der Waals surface area contributed by atoms with E-state index < -0.39 is 0 Å². The number of hydrogen-bond donors (Lipinski definition) is 1. The van der Waals surface area contributed by atoms with Crippen LogP contribution in [0.5, 0.6) is 0 Å². The first-order chi connectivity index (χ1) is 5.64. The minimum absolute atomic E-state index is 0.143. The first-order valence-electron chi connectivity index (χ1n) is 4.88. The predicted molar refractivity (Wildman–Crippen MR) is 51.3 cm³/mol. The van der Waals surface area contributed by atoms with Crippen molar-refractivity contribution in [3.8, 4) is 0 Å². The van der Waals surface area contributed by atoms with Crippen LogP contribution in [0, 0.1) is 5.92 Å². The molecule has 1 N–H and O–H groups in total. The maximum Gasteiger partial charge on any atom is 0.0639 e. The van der Waals surface area contributed by atoms with Gasteiger partial charge in [0.2, 0.25) is 0 Å². The van der Waals surface area contributed by atoms with Crippen LogP contribution in [-0.4, -0.2) is 25.8 Å². The molecule has 2 nitrogen and oxygen atoms in total. The summed E-state index contributed by atoms with van der Waals surface area (Å²) < 4.78 is 5.13. The van der Waals surface area contributed by atoms with Gasteiger partial charge in [-0.2, -0.15) is 0 Å². The van der Waals surface area contributed by atoms with Gasteiger partial charge < -0.3 is 10.1 Å². The fourth-order valence-corrected chi connectivity index (χ4v) is 1.53. The summed E-state index contributed by atoms with van der Waals surface area (Å²) in [6.45, 7) is 6.33. The van der Waals surface area contributed by atoms with Crippen LogP contribution < -0.4 is 5.32 Å². The van der Waals surface area contributed by atoms with Crippen molar-refractivity contribution in [1.29, 1.82) is 0 Å². The molecule has 0 saturated heterocycles. The van der Waals surface area contributed by atoms with E-state index in [1.54, 1.807) is 7.11 Å². The molecule has 12 heavy (non-hydrogen) atoms. The Morgan fingerprint density at radius 1 is 1.42 bits per heavy atom. The van der Waals surface area contributed by atoms with Crippen LogP contribution in [0.3, 0.4) is 0 Å². The van der Waals surface area contributed by atoms with Gasteiger partial charge >= 0.3 is 0 Å². The fourth-order valence-electron chi connectivity index (χ4n) is 1.53. The van der Waals surface area contributed by atoms with E-state index in [0.29, 0.717) is 0 Å². The molecule has 1 aliphatic carbocycles. The lowest BCUT2D eigenvalue weighted by Gasteiger charge is -2.32. The van der Waals surface area contributed by atoms with Crippen LogP contribution in [0.4, 0.5) is 0 Å². The van der Waals surface area contributed by atoms with Gasteiger partial charge in [-0.05, 0) is 39.2 Å². The molecule has 2 heteroatoms. The molecule has 0 unspecified atom stereocenters. The summed E-state index contributed by atoms with van der Waals surface area (Å²) in [6.07, 6.45) is 4.25. The first kappa shape index (κ1) is 10.0. The Morgan fingerprint density at radius 3 is 2.50 bits per heavy atom. The minimum Gasteiger partial charge on any atom is -0.383 e. The summed E-state index contributed by atoms with van der Waals surface area (Å²) in [7, 11) is 1.76. The van der Waals surface area contributed by atoms with Gasteiger partial charge in [0.15, 0.2) is 0 Å². The SMILES string of the molecule is COCC(C)(C)NCC1CCC1. The van der Waals surface area contributed by atoms with Crippen LogP contribution in [0.1, 0.15) is 33.1 Å². The average molecular weight is 171 g/mol. The van der Waals surface area contributed by atoms with Gasteiger partial charge in [-0.15, -0.1) is 0 Å². The lowest BCUT2D eigenvalue weighted by molar-refractivity contribution is 0.121. The Labute approximate surface area is 75.7 Å². The van der Waals surface area contributed by atoms with Gasteiger partial charge in [-0.1, -0.05) is 6.42 Å². The third kappa shape index (κ3) is 3.11. The van der Waals surface area contributed by atoms with Crippen molar-refractivity contribution in [3.63, 3.8) is 0 Å². The number of ether oxygens (including phenoxy) is 1. The molecular weight excluding hydrogens is 150 g/mol. The number of rotatable bonds is 5. The van der Waals surface area contributed by atoms with Crippen molar-refractivity contribution in [1.82, 2.24) is 5.32 Å². The van der Waals surface area contributed by atoms with Gasteiger partial charge in [0.25, 0.3) is 0 Å². The van der Waals surface area contributed by atoms with Crippen molar-refractivity contribution < 1.29 is 4.74 Å². The fraction of sp³-hybridized carbons (Fsp3) is 1.00. The maximum atomic E-state index is 5.13. The summed E-state index contributed by atoms with van der Waals surface area (Å²) in [5.41, 5.74) is 0.143. The summed E-state index contributed by atoms with van der Waals surface area (Å²) >= 11 is 0. The van der Waals surface area contributed by atoms with Crippen molar-refractivity contribution in [2.24, 2.45) is 5.92 Å². The van der Waals surface area contributed by atoms with Crippen molar-refractivity contribution >= 4 is 0 Å². The van der Waals surface area contributed by atoms with E-state index >= 15 is 0 Å². The molecule has 0 atom stereocenters. The van der Waals surface area contributed by atoms with E-state index in [-0.39, 0.29) is 5.54 Å². The highest BCUT2D eigenvalue weighted by molar-refractivity contribution is 4.80. The Hall–Kier alpha value is -0.0800. The highest BCUT2D eigenvalue weighted by Gasteiger charge is 2.22. The molecule has 0 spiro atoms. The smallest absolute Gasteiger partial charge is 0.0639 e. The number of methoxy groups -OCH3 is 1. The zero-order valence-electron chi connectivity index (χ0n) is 8.52. The van der Waals surface area contributed by atoms with Gasteiger partial charge in [0.05, 0.1) is 6.61 Å². The topological polar surface area (TPSA) is 21.3 Å². The third-order valence-electron chi connectivity index (χ3n) is 2.60. The summed E-state index contributed by atoms with van der Waals surface area (Å²) in [6, 6.07) is 0. The third-order valence-corrected chi connectivity index (χ3v) is 2.60. The average Bonchev–Trinajstić information content (AvgIpc) is 1.82. The van der Waals surface area contributed by atoms with E-state index in [0.717, 1.165) is 19.1 Å². The van der Waals surface area contributed by atoms with Gasteiger partial charge in [-0.25, -0.2) is 0 Å². The molecular formula is C10H21NO. The minimum atomic E-state index is 0.143. The monoisotopic (exact) mass is 171 g/mol. The van der Waals surface area contributed by atoms with Crippen LogP contribution >= 0.6 is 0 Å². The highest BCUT2D eigenvalue weighted by atomic mass is 16.5. The second-order valence-corrected chi connectivity index (χ2v) is 4.49. The van der Waals surface area contributed by atoms with E-state index in [1.165, 1.54) is 19.3 Å². The van der Waals surface area contributed by atoms with Crippen LogP contribution in [0.25, 0.3) is 0 Å². The van der Waals surface area contributed by atoms with Gasteiger partial charge in [0, 0.05) is 12.6 Å². The standard InChI is InChI=1S/C10H21NO/c1-10(2,8-12-3)11-7-9-5-4-6-9/h9,11H,4-8H2,1-3H3. The number of hydrogen-bond acceptors (Lipinski definition) is 2. The first-order valence-corrected chi connectivity index (χ1v) is 4.88. The molecule has 1 aliphatic rings. The summed E-state index contributed by atoms with van der Waals surface area (Å²) in [4.78, 5) is 0. The lowest BCUT2D eigenvalue weighted by atomic mass is 9.85. The molecule has 0 aromatic heterocycles. The Morgan fingerprint density at radius 2 is 2.08 bits per heavy atom. The van der Waals surface area contributed by atoms with Crippen molar-refractivity contribution in [2.45, 2.75) is 38.6 Å². The molecule has 0 amide bonds. The van der Waals surface area contributed by atoms with E-state index in [1.807, 2.05) is 0 Å². The lowest BCUT2D eigenvalue weighted by Crippen LogP contribution is -2.46. The molecule has 0 radical (unpaired) electrons. The Balaban J connectivity index is 2.10. The second-order valence-electron chi connectivity index (χ2n) is 4.49. The molecule has 0 aromatic rings. The zero-order chi connectivity index (χ0) is 9.03. The molecule has 0 aliphatic heterocycles. The van der Waals surface area contributed by atoms with E-state index in [2.05, 4.69) is 19.2 Å². The summed E-state index contributed by atoms with van der Waals surface area (Å²) in [5, 5.41) is 3.54. The molecule has 0 bridgehead atoms. The highest BCUT2D eigenvalue weighted by Crippen LogP contribution is 2.25. The van der Waals surface area contributed by atoms with E-state index in [4.69, 9.17) is 4.74 Å². The van der Waals surface area contributed by atoms with E-state index in [9.17, 15) is 0 Å². The van der Waals surface area contributed by atoms with Crippen molar-refractivity contribution in [3.05, 3.63) is 0 Å². The normalized spacial score (nSPS) is 19.2. The maximum absolute atomic E-state index is 5.13. The summed E-state index contributed by atoms with van der Waals surface area (Å²) in [5.74, 6) is 0.932. The molecule has 0 aromatic carbocycles. The van der Waals surface area contributed by atoms with Crippen molar-refractivity contribution in [2.75, 3.05) is 20.3 Å². The molecule has 1 rings (SSSR count). The Bertz CT molecular complexity index is 130. The number of nitrogens with one attached hydrogen (secondary N) is 1. The largest absolute Gasteiger partial charge is 0.383 e. The van der Waals surface area contributed by atoms with Crippen LogP contribution in [0.2, 0.25) is 0 Å². The van der Waals surface area contributed by atoms with Crippen LogP contribution in [0.15, 0.2) is 0 Å². The molecule has 72 valence electrons. The molecule has 1 fully saturated rings. The molecule has 0 heterocycles. The Kier molecular flexibility index (Phi) is 3.53. The quantitative estimate of drug-likeness (QED) is 0.681. The van der Waals surface area contributed by atoms with Gasteiger partial charge in [-0.3, -0.25) is 0 Å². The zero-order valence-corrected chi connectivity index (χ0v) is 8.52.